The lowest BCUT2D eigenvalue weighted by atomic mass is 9.96. The SMILES string of the molecule is C.C.C.C.C.CC.CC.CC.CC.CC.CCC.CCC.CCC.CCC.CCC.CCN1CCc2c1ccc1c2-c2cc3ccccc3cc2C1.CCN1CCc2c1ccc1c2Cc2cc3ccccc3cc2-1.CCN1CCc2cc3c(cc21)Cc1c-3ccc2ccccc12.CCN1CCc2ccc3c(c21)-c1ccc2ccccc2c1C3.CCN1CCc2ccc3c(c21)Cc1c-3ccc2ccccc12. The second kappa shape index (κ2) is 57.5. The van der Waals surface area contributed by atoms with Crippen LogP contribution in [0.15, 0.2) is 243 Å². The molecule has 0 N–H and O–H groups in total. The van der Waals surface area contributed by atoms with Crippen molar-refractivity contribution in [1.29, 1.82) is 0 Å². The topological polar surface area (TPSA) is 16.2 Å². The van der Waals surface area contributed by atoms with Gasteiger partial charge in [-0.15, -0.1) is 0 Å². The van der Waals surface area contributed by atoms with E-state index in [9.17, 15) is 0 Å². The summed E-state index contributed by atoms with van der Waals surface area (Å²) in [6, 6.07) is 90.9. The van der Waals surface area contributed by atoms with Crippen LogP contribution in [-0.2, 0) is 64.2 Å². The fraction of sp³-hybridized carbons (Fsp3) is 0.407. The summed E-state index contributed by atoms with van der Waals surface area (Å²) < 4.78 is 0. The summed E-state index contributed by atoms with van der Waals surface area (Å²) in [5.74, 6) is 0. The van der Waals surface area contributed by atoms with Crippen molar-refractivity contribution in [2.75, 3.05) is 89.9 Å². The summed E-state index contributed by atoms with van der Waals surface area (Å²) in [5.41, 5.74) is 45.2. The van der Waals surface area contributed by atoms with E-state index in [2.05, 4.69) is 371 Å². The van der Waals surface area contributed by atoms with Crippen LogP contribution in [0.4, 0.5) is 28.4 Å². The molecule has 5 heterocycles. The van der Waals surface area contributed by atoms with Gasteiger partial charge in [-0.2, -0.15) is 0 Å². The van der Waals surface area contributed by atoms with Crippen LogP contribution in [0.5, 0.6) is 0 Å². The van der Waals surface area contributed by atoms with Crippen LogP contribution in [0.2, 0.25) is 0 Å². The summed E-state index contributed by atoms with van der Waals surface area (Å²) in [5, 5.41) is 13.8. The van der Waals surface area contributed by atoms with E-state index in [0.717, 1.165) is 64.8 Å². The Labute approximate surface area is 854 Å². The molecule has 0 saturated heterocycles. The average molecular weight is 1880 g/mol. The van der Waals surface area contributed by atoms with Crippen LogP contribution < -0.4 is 24.5 Å². The van der Waals surface area contributed by atoms with Crippen LogP contribution in [0.1, 0.15) is 326 Å². The lowest BCUT2D eigenvalue weighted by Gasteiger charge is -2.20. The molecule has 0 fully saturated rings. The highest BCUT2D eigenvalue weighted by molar-refractivity contribution is 6.02. The van der Waals surface area contributed by atoms with Gasteiger partial charge in [0.25, 0.3) is 0 Å². The number of hydrogen-bond donors (Lipinski definition) is 0. The smallest absolute Gasteiger partial charge is 0.0482 e. The lowest BCUT2D eigenvalue weighted by molar-refractivity contribution is 0.865. The van der Waals surface area contributed by atoms with Crippen molar-refractivity contribution in [2.24, 2.45) is 0 Å². The quantitative estimate of drug-likeness (QED) is 0.170. The van der Waals surface area contributed by atoms with E-state index in [0.29, 0.717) is 0 Å². The predicted molar refractivity (Wildman–Crippen MR) is 639 cm³/mol. The molecule has 140 heavy (non-hydrogen) atoms. The molecular formula is C135H185N5. The lowest BCUT2D eigenvalue weighted by Crippen LogP contribution is -2.20. The number of anilines is 5. The van der Waals surface area contributed by atoms with Gasteiger partial charge in [-0.3, -0.25) is 0 Å². The molecule has 750 valence electrons. The Kier molecular flexibility index (Phi) is 48.2. The van der Waals surface area contributed by atoms with Crippen LogP contribution in [0.3, 0.4) is 0 Å². The molecule has 5 heteroatoms. The summed E-state index contributed by atoms with van der Waals surface area (Å²) in [6.45, 7) is 64.0. The van der Waals surface area contributed by atoms with Crippen LogP contribution in [0, 0.1) is 0 Å². The zero-order valence-electron chi connectivity index (χ0n) is 88.0. The van der Waals surface area contributed by atoms with Gasteiger partial charge in [-0.1, -0.05) is 414 Å². The van der Waals surface area contributed by atoms with Crippen molar-refractivity contribution in [1.82, 2.24) is 0 Å². The minimum absolute atomic E-state index is 0. The van der Waals surface area contributed by atoms with E-state index in [1.54, 1.807) is 22.3 Å². The molecule has 0 amide bonds. The van der Waals surface area contributed by atoms with Crippen molar-refractivity contribution >= 4 is 82.3 Å². The number of likely N-dealkylation sites (N-methyl/N-ethyl adjacent to an activating group) is 5. The fourth-order valence-corrected chi connectivity index (χ4v) is 21.5. The van der Waals surface area contributed by atoms with Crippen molar-refractivity contribution in [3.05, 3.63) is 326 Å². The Balaban J connectivity index is 0.000000251. The van der Waals surface area contributed by atoms with Crippen molar-refractivity contribution in [2.45, 2.75) is 307 Å². The van der Waals surface area contributed by atoms with Crippen molar-refractivity contribution in [3.63, 3.8) is 0 Å². The molecule has 15 aromatic rings. The van der Waals surface area contributed by atoms with E-state index < -0.39 is 0 Å². The van der Waals surface area contributed by atoms with Gasteiger partial charge in [0, 0.05) is 106 Å². The first-order chi connectivity index (χ1) is 66.3. The molecule has 5 aliphatic heterocycles. The van der Waals surface area contributed by atoms with E-state index in [-0.39, 0.29) is 37.1 Å². The first kappa shape index (κ1) is 117. The molecule has 0 saturated carbocycles. The van der Waals surface area contributed by atoms with E-state index >= 15 is 0 Å². The third-order valence-corrected chi connectivity index (χ3v) is 26.9. The number of nitrogens with zero attached hydrogens (tertiary/aromatic N) is 5. The molecule has 0 aromatic heterocycles. The first-order valence-corrected chi connectivity index (χ1v) is 53.4. The molecule has 5 nitrogen and oxygen atoms in total. The van der Waals surface area contributed by atoms with Gasteiger partial charge in [0.1, 0.15) is 0 Å². The molecular weight excluding hydrogens is 1690 g/mol. The zero-order valence-corrected chi connectivity index (χ0v) is 88.0. The van der Waals surface area contributed by atoms with Gasteiger partial charge in [0.05, 0.1) is 0 Å². The summed E-state index contributed by atoms with van der Waals surface area (Å²) >= 11 is 0. The molecule has 0 bridgehead atoms. The highest BCUT2D eigenvalue weighted by atomic mass is 15.2. The van der Waals surface area contributed by atoms with Gasteiger partial charge < -0.3 is 24.5 Å². The molecule has 15 aromatic carbocycles. The number of fused-ring (bicyclic) bond motifs is 32. The van der Waals surface area contributed by atoms with E-state index in [1.165, 1.54) is 296 Å². The molecule has 25 rings (SSSR count). The second-order valence-corrected chi connectivity index (χ2v) is 35.8. The Morgan fingerprint density at radius 1 is 0.186 bits per heavy atom. The fourth-order valence-electron chi connectivity index (χ4n) is 21.5. The predicted octanol–water partition coefficient (Wildman–Crippen LogP) is 39.4. The van der Waals surface area contributed by atoms with Crippen molar-refractivity contribution in [3.8, 4) is 55.6 Å². The highest BCUT2D eigenvalue weighted by Crippen LogP contribution is 2.53. The Morgan fingerprint density at radius 3 is 0.993 bits per heavy atom. The maximum Gasteiger partial charge on any atom is 0.0482 e. The molecule has 5 aliphatic carbocycles. The van der Waals surface area contributed by atoms with Gasteiger partial charge >= 0.3 is 0 Å². The third-order valence-electron chi connectivity index (χ3n) is 26.9. The molecule has 0 atom stereocenters. The van der Waals surface area contributed by atoms with Gasteiger partial charge in [-0.25, -0.2) is 0 Å². The highest BCUT2D eigenvalue weighted by Gasteiger charge is 2.35. The van der Waals surface area contributed by atoms with Crippen LogP contribution >= 0.6 is 0 Å². The van der Waals surface area contributed by atoms with Gasteiger partial charge in [0.2, 0.25) is 0 Å². The molecule has 0 radical (unpaired) electrons. The Morgan fingerprint density at radius 2 is 0.486 bits per heavy atom. The summed E-state index contributed by atoms with van der Waals surface area (Å²) in [7, 11) is 0. The maximum absolute atomic E-state index is 2.56. The van der Waals surface area contributed by atoms with Gasteiger partial charge in [0.15, 0.2) is 0 Å². The summed E-state index contributed by atoms with van der Waals surface area (Å²) in [4.78, 5) is 12.6. The minimum Gasteiger partial charge on any atom is -0.371 e. The standard InChI is InChI=1S/5C21H19N.5C3H8.5C2H6.5CH4/c1-2-22-12-11-15-8-10-18-17-9-7-14-5-3-4-6-16(14)19(17)13-20(18)21(15)22;1-2-22-10-9-18-20(22)8-7-16-12-17-11-14-5-3-4-6-15(14)13-19(17)21(16)18;1-2-22-10-9-18-20-13-16-11-14-5-3-4-6-15(14)12-19(16)17(20)7-8-21(18)22;1-2-22-10-9-15-11-19-16(13-21(15)22)12-20-17-6-4-3-5-14(17)7-8-18(19)20;1-2-22-12-11-15-7-8-16-13-19-17-6-4-3-5-14(17)9-10-18(19)20(16)21(15)22;5*1-3-2;5*1-2;;;;;/h3-10H,2,11-13H2,1H3;3-8,11,13H,2,9-10,12H2,1H3;3-8,11-12H,2,9-10,13H2,1H3;3-8,11,13H,2,9-10,12H2,1H3;3-10H,2,11-13H2,1H3;5*3H2,1-2H3;5*1-2H3;5*1H4. The summed E-state index contributed by atoms with van der Waals surface area (Å²) in [6.07, 6.45) is 17.7. The molecule has 0 unspecified atom stereocenters. The second-order valence-electron chi connectivity index (χ2n) is 35.8. The molecule has 0 spiro atoms. The number of benzene rings is 15. The molecule has 10 aliphatic rings. The number of rotatable bonds is 5. The van der Waals surface area contributed by atoms with E-state index in [4.69, 9.17) is 0 Å². The largest absolute Gasteiger partial charge is 0.371 e. The Hall–Kier alpha value is -11.4. The normalized spacial score (nSPS) is 12.7. The monoisotopic (exact) mass is 1880 g/mol. The Bertz CT molecular complexity index is 6400. The van der Waals surface area contributed by atoms with E-state index in [1.807, 2.05) is 69.2 Å². The third kappa shape index (κ3) is 24.5. The average Bonchev–Trinajstić information content (AvgIpc) is 1.61. The number of hydrogen-bond acceptors (Lipinski definition) is 5. The first-order valence-electron chi connectivity index (χ1n) is 53.4. The van der Waals surface area contributed by atoms with Crippen LogP contribution in [-0.4, -0.2) is 65.4 Å². The van der Waals surface area contributed by atoms with Crippen molar-refractivity contribution < 1.29 is 0 Å². The van der Waals surface area contributed by atoms with Crippen LogP contribution in [0.25, 0.3) is 109 Å². The zero-order chi connectivity index (χ0) is 96.9. The minimum atomic E-state index is 0. The maximum atomic E-state index is 2.56. The van der Waals surface area contributed by atoms with Gasteiger partial charge in [-0.05, 0) is 316 Å².